The Labute approximate surface area is 89.4 Å². The van der Waals surface area contributed by atoms with Crippen LogP contribution < -0.4 is 5.73 Å². The molecule has 0 unspecified atom stereocenters. The van der Waals surface area contributed by atoms with Crippen LogP contribution in [0.4, 0.5) is 13.9 Å². The minimum absolute atomic E-state index is 0.0517. The number of anilines is 1. The van der Waals surface area contributed by atoms with Gasteiger partial charge in [-0.05, 0) is 19.1 Å². The summed E-state index contributed by atoms with van der Waals surface area (Å²) < 4.78 is 26.8. The number of benzene rings is 1. The van der Waals surface area contributed by atoms with E-state index in [0.29, 0.717) is 15.7 Å². The Hall–Kier alpha value is -1.49. The summed E-state index contributed by atoms with van der Waals surface area (Å²) in [5.74, 6) is -1.19. The maximum Gasteiger partial charge on any atom is 0.180 e. The molecule has 0 fully saturated rings. The van der Waals surface area contributed by atoms with Crippen molar-refractivity contribution < 1.29 is 8.78 Å². The van der Waals surface area contributed by atoms with Crippen molar-refractivity contribution in [2.75, 3.05) is 5.73 Å². The fourth-order valence-corrected chi connectivity index (χ4v) is 2.25. The quantitative estimate of drug-likeness (QED) is 0.811. The summed E-state index contributed by atoms with van der Waals surface area (Å²) in [4.78, 5) is 4.38. The molecule has 0 amide bonds. The van der Waals surface area contributed by atoms with E-state index in [1.807, 2.05) is 0 Å². The zero-order valence-corrected chi connectivity index (χ0v) is 8.74. The number of rotatable bonds is 1. The molecule has 0 aliphatic carbocycles. The van der Waals surface area contributed by atoms with E-state index in [9.17, 15) is 8.78 Å². The lowest BCUT2D eigenvalue weighted by Crippen LogP contribution is -1.88. The average molecular weight is 226 g/mol. The van der Waals surface area contributed by atoms with Gasteiger partial charge in [0.1, 0.15) is 11.6 Å². The summed E-state index contributed by atoms with van der Waals surface area (Å²) in [6.07, 6.45) is 0. The molecule has 0 aliphatic rings. The van der Waals surface area contributed by atoms with Gasteiger partial charge in [-0.2, -0.15) is 0 Å². The molecule has 0 spiro atoms. The van der Waals surface area contributed by atoms with E-state index in [0.717, 1.165) is 11.3 Å². The van der Waals surface area contributed by atoms with Crippen molar-refractivity contribution in [1.82, 2.24) is 4.98 Å². The largest absolute Gasteiger partial charge is 0.375 e. The van der Waals surface area contributed by atoms with Crippen LogP contribution in [0, 0.1) is 18.6 Å². The maximum absolute atomic E-state index is 13.4. The van der Waals surface area contributed by atoms with Gasteiger partial charge in [0, 0.05) is 0 Å². The number of nitrogens with two attached hydrogens (primary N) is 1. The summed E-state index contributed by atoms with van der Waals surface area (Å²) in [5, 5.41) is 0.310. The molecule has 78 valence electrons. The number of aromatic nitrogens is 1. The molecular weight excluding hydrogens is 218 g/mol. The lowest BCUT2D eigenvalue weighted by molar-refractivity contribution is 0.590. The SMILES string of the molecule is Cc1nc(N)sc1-c1c(F)cccc1F. The molecule has 1 aromatic carbocycles. The second-order valence-electron chi connectivity index (χ2n) is 3.06. The second kappa shape index (κ2) is 3.58. The van der Waals surface area contributed by atoms with Crippen LogP contribution >= 0.6 is 11.3 Å². The van der Waals surface area contributed by atoms with Crippen LogP contribution in [0.5, 0.6) is 0 Å². The smallest absolute Gasteiger partial charge is 0.180 e. The van der Waals surface area contributed by atoms with Crippen molar-refractivity contribution in [3.05, 3.63) is 35.5 Å². The highest BCUT2D eigenvalue weighted by atomic mass is 32.1. The van der Waals surface area contributed by atoms with Crippen molar-refractivity contribution in [2.45, 2.75) is 6.92 Å². The highest BCUT2D eigenvalue weighted by Gasteiger charge is 2.16. The summed E-state index contributed by atoms with van der Waals surface area (Å²) in [6, 6.07) is 3.76. The summed E-state index contributed by atoms with van der Waals surface area (Å²) in [7, 11) is 0. The molecule has 0 radical (unpaired) electrons. The third-order valence-corrected chi connectivity index (χ3v) is 3.01. The van der Waals surface area contributed by atoms with E-state index in [4.69, 9.17) is 5.73 Å². The Bertz CT molecular complexity index is 488. The topological polar surface area (TPSA) is 38.9 Å². The molecule has 2 aromatic rings. The Balaban J connectivity index is 2.68. The zero-order chi connectivity index (χ0) is 11.0. The molecule has 0 bridgehead atoms. The zero-order valence-electron chi connectivity index (χ0n) is 7.92. The number of aryl methyl sites for hydroxylation is 1. The highest BCUT2D eigenvalue weighted by Crippen LogP contribution is 2.34. The Morgan fingerprint density at radius 2 is 1.87 bits per heavy atom. The lowest BCUT2D eigenvalue weighted by Gasteiger charge is -2.01. The maximum atomic E-state index is 13.4. The third kappa shape index (κ3) is 1.70. The standard InChI is InChI=1S/C10H8F2N2S/c1-5-9(15-10(13)14-5)8-6(11)3-2-4-7(8)12/h2-4H,1H3,(H2,13,14). The number of nitrogens with zero attached hydrogens (tertiary/aromatic N) is 1. The highest BCUT2D eigenvalue weighted by molar-refractivity contribution is 7.18. The molecule has 0 aliphatic heterocycles. The predicted octanol–water partition coefficient (Wildman–Crippen LogP) is 2.98. The number of hydrogen-bond acceptors (Lipinski definition) is 3. The van der Waals surface area contributed by atoms with Gasteiger partial charge in [-0.1, -0.05) is 17.4 Å². The molecule has 2 rings (SSSR count). The van der Waals surface area contributed by atoms with E-state index >= 15 is 0 Å². The first-order valence-electron chi connectivity index (χ1n) is 4.27. The minimum atomic E-state index is -0.596. The molecule has 1 aromatic heterocycles. The van der Waals surface area contributed by atoms with Crippen LogP contribution in [-0.2, 0) is 0 Å². The summed E-state index contributed by atoms with van der Waals surface area (Å²) in [6.45, 7) is 1.67. The molecule has 2 nitrogen and oxygen atoms in total. The van der Waals surface area contributed by atoms with Gasteiger partial charge >= 0.3 is 0 Å². The minimum Gasteiger partial charge on any atom is -0.375 e. The molecule has 5 heteroatoms. The van der Waals surface area contributed by atoms with Crippen LogP contribution in [0.25, 0.3) is 10.4 Å². The molecule has 2 N–H and O–H groups in total. The van der Waals surface area contributed by atoms with E-state index in [-0.39, 0.29) is 5.56 Å². The number of nitrogen functional groups attached to an aromatic ring is 1. The van der Waals surface area contributed by atoms with Crippen LogP contribution in [0.15, 0.2) is 18.2 Å². The summed E-state index contributed by atoms with van der Waals surface area (Å²) >= 11 is 1.08. The number of thiazole rings is 1. The van der Waals surface area contributed by atoms with Crippen LogP contribution in [0.3, 0.4) is 0 Å². The third-order valence-electron chi connectivity index (χ3n) is 2.00. The van der Waals surface area contributed by atoms with E-state index in [1.54, 1.807) is 6.92 Å². The van der Waals surface area contributed by atoms with Gasteiger partial charge in [0.2, 0.25) is 0 Å². The van der Waals surface area contributed by atoms with Gasteiger partial charge in [0.05, 0.1) is 16.1 Å². The fraction of sp³-hybridized carbons (Fsp3) is 0.100. The van der Waals surface area contributed by atoms with Gasteiger partial charge in [0.25, 0.3) is 0 Å². The van der Waals surface area contributed by atoms with Crippen molar-refractivity contribution in [2.24, 2.45) is 0 Å². The molecule has 0 saturated carbocycles. The normalized spacial score (nSPS) is 10.6. The van der Waals surface area contributed by atoms with Gasteiger partial charge in [-0.25, -0.2) is 13.8 Å². The first-order valence-corrected chi connectivity index (χ1v) is 5.08. The first kappa shape index (κ1) is 10.0. The van der Waals surface area contributed by atoms with E-state index < -0.39 is 11.6 Å². The van der Waals surface area contributed by atoms with E-state index in [2.05, 4.69) is 4.98 Å². The van der Waals surface area contributed by atoms with Gasteiger partial charge in [0.15, 0.2) is 5.13 Å². The molecular formula is C10H8F2N2S. The van der Waals surface area contributed by atoms with Gasteiger partial charge in [-0.15, -0.1) is 0 Å². The Kier molecular flexibility index (Phi) is 2.40. The Morgan fingerprint density at radius 1 is 1.27 bits per heavy atom. The van der Waals surface area contributed by atoms with Crippen LogP contribution in [0.2, 0.25) is 0 Å². The van der Waals surface area contributed by atoms with Crippen molar-refractivity contribution >= 4 is 16.5 Å². The van der Waals surface area contributed by atoms with E-state index in [1.165, 1.54) is 18.2 Å². The predicted molar refractivity (Wildman–Crippen MR) is 56.6 cm³/mol. The second-order valence-corrected chi connectivity index (χ2v) is 4.09. The molecule has 0 saturated heterocycles. The lowest BCUT2D eigenvalue weighted by atomic mass is 10.1. The summed E-state index contributed by atoms with van der Waals surface area (Å²) in [5.41, 5.74) is 5.97. The average Bonchev–Trinajstić information content (AvgIpc) is 2.45. The Morgan fingerprint density at radius 3 is 2.33 bits per heavy atom. The monoisotopic (exact) mass is 226 g/mol. The van der Waals surface area contributed by atoms with Crippen LogP contribution in [0.1, 0.15) is 5.69 Å². The van der Waals surface area contributed by atoms with Gasteiger partial charge in [-0.3, -0.25) is 0 Å². The number of hydrogen-bond donors (Lipinski definition) is 1. The van der Waals surface area contributed by atoms with Crippen molar-refractivity contribution in [3.63, 3.8) is 0 Å². The van der Waals surface area contributed by atoms with Crippen molar-refractivity contribution in [3.8, 4) is 10.4 Å². The van der Waals surface area contributed by atoms with Crippen LogP contribution in [-0.4, -0.2) is 4.98 Å². The molecule has 15 heavy (non-hydrogen) atoms. The number of halogens is 2. The molecule has 0 atom stereocenters. The first-order chi connectivity index (χ1) is 7.09. The van der Waals surface area contributed by atoms with Crippen molar-refractivity contribution in [1.29, 1.82) is 0 Å². The molecule has 1 heterocycles. The van der Waals surface area contributed by atoms with Gasteiger partial charge < -0.3 is 5.73 Å². The fourth-order valence-electron chi connectivity index (χ4n) is 1.36.